The molecule has 1 fully saturated rings. The minimum atomic E-state index is 0.648. The van der Waals surface area contributed by atoms with Gasteiger partial charge in [0.15, 0.2) is 5.17 Å². The van der Waals surface area contributed by atoms with Gasteiger partial charge in [-0.25, -0.2) is 0 Å². The number of rotatable bonds is 6. The molecule has 0 radical (unpaired) electrons. The molecule has 116 valence electrons. The van der Waals surface area contributed by atoms with E-state index in [1.807, 2.05) is 11.8 Å². The molecule has 3 nitrogen and oxygen atoms in total. The lowest BCUT2D eigenvalue weighted by molar-refractivity contribution is 0.207. The third-order valence-corrected chi connectivity index (χ3v) is 6.01. The summed E-state index contributed by atoms with van der Waals surface area (Å²) in [6.45, 7) is 11.7. The number of aliphatic imine (C=N–C) groups is 1. The molecular weight excluding hydrogens is 266 g/mol. The number of piperidine rings is 1. The van der Waals surface area contributed by atoms with Gasteiger partial charge in [-0.15, -0.1) is 0 Å². The number of likely N-dealkylation sites (tertiary alicyclic amines) is 1. The van der Waals surface area contributed by atoms with Crippen molar-refractivity contribution in [2.45, 2.75) is 64.2 Å². The highest BCUT2D eigenvalue weighted by molar-refractivity contribution is 8.14. The van der Waals surface area contributed by atoms with E-state index in [2.05, 4.69) is 31.0 Å². The van der Waals surface area contributed by atoms with Crippen LogP contribution in [0.2, 0.25) is 0 Å². The van der Waals surface area contributed by atoms with Gasteiger partial charge in [0.2, 0.25) is 0 Å². The maximum absolute atomic E-state index is 4.74. The Hall–Kier alpha value is -0.220. The van der Waals surface area contributed by atoms with E-state index in [0.717, 1.165) is 12.5 Å². The molecule has 2 heterocycles. The summed E-state index contributed by atoms with van der Waals surface area (Å²) in [5, 5.41) is 5.63. The van der Waals surface area contributed by atoms with Crippen LogP contribution in [-0.4, -0.2) is 47.5 Å². The average molecular weight is 298 g/mol. The number of thioether (sulfide) groups is 1. The van der Waals surface area contributed by atoms with Crippen LogP contribution >= 0.6 is 11.8 Å². The third kappa shape index (κ3) is 4.39. The largest absolute Gasteiger partial charge is 0.362 e. The number of amidine groups is 1. The lowest BCUT2D eigenvalue weighted by atomic mass is 9.99. The van der Waals surface area contributed by atoms with Crippen LogP contribution in [0.4, 0.5) is 0 Å². The summed E-state index contributed by atoms with van der Waals surface area (Å²) < 4.78 is 0. The van der Waals surface area contributed by atoms with Crippen LogP contribution in [0.25, 0.3) is 0 Å². The molecule has 0 aromatic carbocycles. The molecule has 4 heteroatoms. The molecular formula is C16H31N3S. The van der Waals surface area contributed by atoms with E-state index in [0.29, 0.717) is 11.3 Å². The summed E-state index contributed by atoms with van der Waals surface area (Å²) in [7, 11) is 0. The van der Waals surface area contributed by atoms with Crippen molar-refractivity contribution in [2.24, 2.45) is 10.9 Å². The van der Waals surface area contributed by atoms with Crippen LogP contribution in [-0.2, 0) is 0 Å². The maximum Gasteiger partial charge on any atom is 0.157 e. The van der Waals surface area contributed by atoms with Gasteiger partial charge in [0, 0.05) is 24.4 Å². The molecule has 1 N–H and O–H groups in total. The summed E-state index contributed by atoms with van der Waals surface area (Å²) >= 11 is 2.00. The van der Waals surface area contributed by atoms with E-state index < -0.39 is 0 Å². The van der Waals surface area contributed by atoms with Crippen LogP contribution in [0.5, 0.6) is 0 Å². The second-order valence-electron chi connectivity index (χ2n) is 6.14. The molecule has 0 bridgehead atoms. The SMILES string of the molecule is CCCN1CCC(NC2=NCC(C(CC)CC)S2)CC1. The van der Waals surface area contributed by atoms with Crippen molar-refractivity contribution >= 4 is 16.9 Å². The van der Waals surface area contributed by atoms with Crippen LogP contribution in [0.15, 0.2) is 4.99 Å². The Morgan fingerprint density at radius 2 is 1.95 bits per heavy atom. The van der Waals surface area contributed by atoms with E-state index in [4.69, 9.17) is 4.99 Å². The summed E-state index contributed by atoms with van der Waals surface area (Å²) in [5.41, 5.74) is 0. The van der Waals surface area contributed by atoms with Gasteiger partial charge in [0.25, 0.3) is 0 Å². The smallest absolute Gasteiger partial charge is 0.157 e. The number of hydrogen-bond donors (Lipinski definition) is 1. The van der Waals surface area contributed by atoms with E-state index in [9.17, 15) is 0 Å². The highest BCUT2D eigenvalue weighted by atomic mass is 32.2. The first kappa shape index (κ1) is 16.2. The predicted octanol–water partition coefficient (Wildman–Crippen LogP) is 3.36. The summed E-state index contributed by atoms with van der Waals surface area (Å²) in [6.07, 6.45) is 6.39. The van der Waals surface area contributed by atoms with Gasteiger partial charge in [0.05, 0.1) is 6.54 Å². The minimum Gasteiger partial charge on any atom is -0.362 e. The first-order valence-corrected chi connectivity index (χ1v) is 9.34. The third-order valence-electron chi connectivity index (χ3n) is 4.71. The Kier molecular flexibility index (Phi) is 6.69. The molecule has 2 rings (SSSR count). The molecule has 1 atom stereocenters. The lowest BCUT2D eigenvalue weighted by Crippen LogP contribution is -2.44. The van der Waals surface area contributed by atoms with Gasteiger partial charge in [0.1, 0.15) is 0 Å². The van der Waals surface area contributed by atoms with E-state index in [1.165, 1.54) is 56.9 Å². The standard InChI is InChI=1S/C16H31N3S/c1-4-9-19-10-7-14(8-11-19)18-16-17-12-15(20-16)13(5-2)6-3/h13-15H,4-12H2,1-3H3,(H,17,18). The van der Waals surface area contributed by atoms with Gasteiger partial charge in [-0.1, -0.05) is 45.4 Å². The van der Waals surface area contributed by atoms with E-state index >= 15 is 0 Å². The molecule has 0 spiro atoms. The van der Waals surface area contributed by atoms with Crippen molar-refractivity contribution in [1.82, 2.24) is 10.2 Å². The molecule has 2 aliphatic rings. The summed E-state index contributed by atoms with van der Waals surface area (Å²) in [5.74, 6) is 0.828. The Morgan fingerprint density at radius 3 is 2.55 bits per heavy atom. The highest BCUT2D eigenvalue weighted by Crippen LogP contribution is 2.30. The Morgan fingerprint density at radius 1 is 1.25 bits per heavy atom. The second kappa shape index (κ2) is 8.28. The fraction of sp³-hybridized carbons (Fsp3) is 0.938. The molecule has 0 aromatic heterocycles. The zero-order valence-corrected chi connectivity index (χ0v) is 14.2. The van der Waals surface area contributed by atoms with Gasteiger partial charge in [-0.05, 0) is 31.7 Å². The van der Waals surface area contributed by atoms with Gasteiger partial charge in [-0.3, -0.25) is 4.99 Å². The second-order valence-corrected chi connectivity index (χ2v) is 7.37. The summed E-state index contributed by atoms with van der Waals surface area (Å²) in [4.78, 5) is 7.33. The van der Waals surface area contributed by atoms with Crippen molar-refractivity contribution < 1.29 is 0 Å². The Bertz CT molecular complexity index is 307. The molecule has 0 amide bonds. The minimum absolute atomic E-state index is 0.648. The monoisotopic (exact) mass is 297 g/mol. The van der Waals surface area contributed by atoms with Crippen LogP contribution in [0.3, 0.4) is 0 Å². The lowest BCUT2D eigenvalue weighted by Gasteiger charge is -2.32. The average Bonchev–Trinajstić information content (AvgIpc) is 2.91. The number of hydrogen-bond acceptors (Lipinski definition) is 4. The molecule has 0 saturated carbocycles. The summed E-state index contributed by atoms with van der Waals surface area (Å²) in [6, 6.07) is 0.648. The molecule has 0 aromatic rings. The number of nitrogens with zero attached hydrogens (tertiary/aromatic N) is 2. The van der Waals surface area contributed by atoms with Crippen molar-refractivity contribution in [3.63, 3.8) is 0 Å². The highest BCUT2D eigenvalue weighted by Gasteiger charge is 2.27. The Balaban J connectivity index is 1.71. The van der Waals surface area contributed by atoms with Gasteiger partial charge < -0.3 is 10.2 Å². The topological polar surface area (TPSA) is 27.6 Å². The maximum atomic E-state index is 4.74. The van der Waals surface area contributed by atoms with Crippen molar-refractivity contribution in [1.29, 1.82) is 0 Å². The molecule has 20 heavy (non-hydrogen) atoms. The van der Waals surface area contributed by atoms with Gasteiger partial charge >= 0.3 is 0 Å². The quantitative estimate of drug-likeness (QED) is 0.814. The van der Waals surface area contributed by atoms with E-state index in [1.54, 1.807) is 0 Å². The zero-order chi connectivity index (χ0) is 14.4. The first-order chi connectivity index (χ1) is 9.76. The predicted molar refractivity (Wildman–Crippen MR) is 90.6 cm³/mol. The number of nitrogens with one attached hydrogen (secondary N) is 1. The fourth-order valence-corrected chi connectivity index (χ4v) is 4.72. The van der Waals surface area contributed by atoms with Crippen LogP contribution < -0.4 is 5.32 Å². The molecule has 1 saturated heterocycles. The first-order valence-electron chi connectivity index (χ1n) is 8.46. The molecule has 1 unspecified atom stereocenters. The normalized spacial score (nSPS) is 25.2. The van der Waals surface area contributed by atoms with Crippen LogP contribution in [0.1, 0.15) is 52.9 Å². The van der Waals surface area contributed by atoms with Crippen molar-refractivity contribution in [3.05, 3.63) is 0 Å². The fourth-order valence-electron chi connectivity index (χ4n) is 3.32. The molecule has 2 aliphatic heterocycles. The van der Waals surface area contributed by atoms with Crippen molar-refractivity contribution in [3.8, 4) is 0 Å². The Labute approximate surface area is 129 Å². The molecule has 0 aliphatic carbocycles. The van der Waals surface area contributed by atoms with Gasteiger partial charge in [-0.2, -0.15) is 0 Å². The van der Waals surface area contributed by atoms with Crippen molar-refractivity contribution in [2.75, 3.05) is 26.2 Å². The zero-order valence-electron chi connectivity index (χ0n) is 13.4. The van der Waals surface area contributed by atoms with E-state index in [-0.39, 0.29) is 0 Å². The van der Waals surface area contributed by atoms with Crippen LogP contribution in [0, 0.1) is 5.92 Å².